The van der Waals surface area contributed by atoms with Gasteiger partial charge in [-0.1, -0.05) is 30.3 Å². The van der Waals surface area contributed by atoms with Gasteiger partial charge >= 0.3 is 0 Å². The summed E-state index contributed by atoms with van der Waals surface area (Å²) in [7, 11) is 0. The van der Waals surface area contributed by atoms with Crippen molar-refractivity contribution in [1.29, 1.82) is 0 Å². The van der Waals surface area contributed by atoms with Crippen molar-refractivity contribution in [1.82, 2.24) is 0 Å². The van der Waals surface area contributed by atoms with E-state index in [2.05, 4.69) is 26.0 Å². The fourth-order valence-electron chi connectivity index (χ4n) is 0.782. The Morgan fingerprint density at radius 2 is 1.78 bits per heavy atom. The van der Waals surface area contributed by atoms with Crippen molar-refractivity contribution in [3.63, 3.8) is 0 Å². The molecule has 0 saturated heterocycles. The molecular formula is C9H11+. The van der Waals surface area contributed by atoms with Crippen LogP contribution in [0.25, 0.3) is 0 Å². The van der Waals surface area contributed by atoms with Gasteiger partial charge in [0.15, 0.2) is 0 Å². The van der Waals surface area contributed by atoms with Gasteiger partial charge in [0.05, 0.1) is 6.92 Å². The molecule has 1 unspecified atom stereocenters. The molecule has 0 aliphatic rings. The minimum Gasteiger partial charge on any atom is -0.0622 e. The Labute approximate surface area is 56.5 Å². The van der Waals surface area contributed by atoms with Gasteiger partial charge in [0.1, 0.15) is 5.92 Å². The first kappa shape index (κ1) is 6.21. The van der Waals surface area contributed by atoms with Crippen molar-refractivity contribution in [2.24, 2.45) is 0 Å². The second-order valence-electron chi connectivity index (χ2n) is 2.31. The molecule has 0 fully saturated rings. The first-order valence-corrected chi connectivity index (χ1v) is 3.18. The molecule has 0 aromatic heterocycles. The summed E-state index contributed by atoms with van der Waals surface area (Å²) >= 11 is 0. The SMILES string of the molecule is [CH2+]C(C)c1ccccc1. The molecule has 0 heterocycles. The molecule has 1 rings (SSSR count). The van der Waals surface area contributed by atoms with Crippen LogP contribution in [0.5, 0.6) is 0 Å². The summed E-state index contributed by atoms with van der Waals surface area (Å²) in [5.41, 5.74) is 1.30. The highest BCUT2D eigenvalue weighted by atomic mass is 14.0. The van der Waals surface area contributed by atoms with Gasteiger partial charge in [0, 0.05) is 0 Å². The maximum atomic E-state index is 3.91. The van der Waals surface area contributed by atoms with Gasteiger partial charge in [-0.15, -0.1) is 0 Å². The van der Waals surface area contributed by atoms with Crippen LogP contribution in [0.4, 0.5) is 0 Å². The Kier molecular flexibility index (Phi) is 1.78. The molecule has 46 valence electrons. The predicted octanol–water partition coefficient (Wildman–Crippen LogP) is 2.62. The zero-order chi connectivity index (χ0) is 6.69. The molecule has 0 saturated carbocycles. The number of benzene rings is 1. The van der Waals surface area contributed by atoms with Gasteiger partial charge in [-0.25, -0.2) is 0 Å². The standard InChI is InChI=1S/C9H11/c1-8(2)9-6-4-3-5-7-9/h3-8H,1H2,2H3/q+1. The van der Waals surface area contributed by atoms with E-state index in [1.54, 1.807) is 0 Å². The summed E-state index contributed by atoms with van der Waals surface area (Å²) in [6.07, 6.45) is 0. The number of hydrogen-bond acceptors (Lipinski definition) is 0. The third-order valence-electron chi connectivity index (χ3n) is 1.37. The molecule has 0 amide bonds. The van der Waals surface area contributed by atoms with Crippen LogP contribution < -0.4 is 0 Å². The van der Waals surface area contributed by atoms with E-state index in [9.17, 15) is 0 Å². The minimum absolute atomic E-state index is 0.409. The van der Waals surface area contributed by atoms with Crippen LogP contribution in [-0.2, 0) is 0 Å². The van der Waals surface area contributed by atoms with E-state index in [0.29, 0.717) is 5.92 Å². The third kappa shape index (κ3) is 1.49. The van der Waals surface area contributed by atoms with Crippen molar-refractivity contribution in [3.05, 3.63) is 42.8 Å². The molecule has 0 heteroatoms. The molecular weight excluding hydrogens is 108 g/mol. The quantitative estimate of drug-likeness (QED) is 0.498. The highest BCUT2D eigenvalue weighted by Crippen LogP contribution is 2.11. The van der Waals surface area contributed by atoms with Gasteiger partial charge in [-0.2, -0.15) is 0 Å². The first-order valence-electron chi connectivity index (χ1n) is 3.18. The Balaban J connectivity index is 2.85. The lowest BCUT2D eigenvalue weighted by atomic mass is 10.0. The Bertz CT molecular complexity index is 163. The third-order valence-corrected chi connectivity index (χ3v) is 1.37. The normalized spacial score (nSPS) is 13.0. The molecule has 1 aromatic rings. The van der Waals surface area contributed by atoms with Crippen LogP contribution in [0, 0.1) is 6.92 Å². The number of hydrogen-bond donors (Lipinski definition) is 0. The van der Waals surface area contributed by atoms with Crippen LogP contribution in [0.3, 0.4) is 0 Å². The highest BCUT2D eigenvalue weighted by Gasteiger charge is 2.00. The monoisotopic (exact) mass is 119 g/mol. The molecule has 0 nitrogen and oxygen atoms in total. The summed E-state index contributed by atoms with van der Waals surface area (Å²) < 4.78 is 0. The second-order valence-corrected chi connectivity index (χ2v) is 2.31. The second kappa shape index (κ2) is 2.58. The van der Waals surface area contributed by atoms with Crippen LogP contribution in [-0.4, -0.2) is 0 Å². The molecule has 0 aliphatic heterocycles. The molecule has 0 radical (unpaired) electrons. The van der Waals surface area contributed by atoms with E-state index < -0.39 is 0 Å². The Morgan fingerprint density at radius 3 is 2.11 bits per heavy atom. The summed E-state index contributed by atoms with van der Waals surface area (Å²) in [4.78, 5) is 0. The van der Waals surface area contributed by atoms with Crippen LogP contribution >= 0.6 is 0 Å². The van der Waals surface area contributed by atoms with Gasteiger partial charge in [0.2, 0.25) is 0 Å². The highest BCUT2D eigenvalue weighted by molar-refractivity contribution is 5.19. The molecule has 1 aromatic carbocycles. The molecule has 0 spiro atoms. The van der Waals surface area contributed by atoms with Crippen LogP contribution in [0.1, 0.15) is 18.4 Å². The van der Waals surface area contributed by atoms with Gasteiger partial charge in [-0.05, 0) is 12.5 Å². The molecule has 0 bridgehead atoms. The van der Waals surface area contributed by atoms with Crippen LogP contribution in [0.15, 0.2) is 30.3 Å². The van der Waals surface area contributed by atoms with Crippen molar-refractivity contribution in [2.45, 2.75) is 12.8 Å². The lowest BCUT2D eigenvalue weighted by Crippen LogP contribution is -1.83. The molecule has 0 aliphatic carbocycles. The smallest absolute Gasteiger partial charge is 0.0622 e. The first-order chi connectivity index (χ1) is 4.30. The van der Waals surface area contributed by atoms with E-state index in [1.807, 2.05) is 18.2 Å². The van der Waals surface area contributed by atoms with E-state index in [0.717, 1.165) is 0 Å². The average molecular weight is 119 g/mol. The van der Waals surface area contributed by atoms with Crippen LogP contribution in [0.2, 0.25) is 0 Å². The zero-order valence-corrected chi connectivity index (χ0v) is 5.67. The van der Waals surface area contributed by atoms with E-state index in [-0.39, 0.29) is 0 Å². The summed E-state index contributed by atoms with van der Waals surface area (Å²) in [5, 5.41) is 0. The molecule has 9 heavy (non-hydrogen) atoms. The van der Waals surface area contributed by atoms with Crippen molar-refractivity contribution in [3.8, 4) is 0 Å². The summed E-state index contributed by atoms with van der Waals surface area (Å²) in [6, 6.07) is 10.3. The molecule has 1 atom stereocenters. The zero-order valence-electron chi connectivity index (χ0n) is 5.67. The predicted molar refractivity (Wildman–Crippen MR) is 40.2 cm³/mol. The lowest BCUT2D eigenvalue weighted by molar-refractivity contribution is 0.964. The number of rotatable bonds is 1. The van der Waals surface area contributed by atoms with E-state index in [1.165, 1.54) is 5.56 Å². The van der Waals surface area contributed by atoms with Crippen molar-refractivity contribution < 1.29 is 0 Å². The maximum absolute atomic E-state index is 3.91. The summed E-state index contributed by atoms with van der Waals surface area (Å²) in [5.74, 6) is 0.409. The van der Waals surface area contributed by atoms with Gasteiger partial charge in [-0.3, -0.25) is 0 Å². The van der Waals surface area contributed by atoms with Gasteiger partial charge < -0.3 is 0 Å². The topological polar surface area (TPSA) is 0 Å². The van der Waals surface area contributed by atoms with Gasteiger partial charge in [0.25, 0.3) is 0 Å². The lowest BCUT2D eigenvalue weighted by Gasteiger charge is -1.95. The van der Waals surface area contributed by atoms with E-state index in [4.69, 9.17) is 0 Å². The average Bonchev–Trinajstić information content (AvgIpc) is 1.90. The fraction of sp³-hybridized carbons (Fsp3) is 0.222. The van der Waals surface area contributed by atoms with Crippen molar-refractivity contribution >= 4 is 0 Å². The minimum atomic E-state index is 0.409. The van der Waals surface area contributed by atoms with Crippen molar-refractivity contribution in [2.75, 3.05) is 0 Å². The molecule has 0 N–H and O–H groups in total. The largest absolute Gasteiger partial charge is 0.117 e. The Morgan fingerprint density at radius 1 is 1.22 bits per heavy atom. The van der Waals surface area contributed by atoms with E-state index >= 15 is 0 Å². The Hall–Kier alpha value is -0.910. The summed E-state index contributed by atoms with van der Waals surface area (Å²) in [6.45, 7) is 6.00. The maximum Gasteiger partial charge on any atom is 0.117 e. The fourth-order valence-corrected chi connectivity index (χ4v) is 0.782.